The third-order valence-electron chi connectivity index (χ3n) is 4.87. The highest BCUT2D eigenvalue weighted by molar-refractivity contribution is 6.30. The molecule has 0 spiro atoms. The SMILES string of the molecule is CCC1(CC)C(NC)CC1c1ccc(F)c(Cl)c1. The minimum atomic E-state index is -0.330. The zero-order valence-electron chi connectivity index (χ0n) is 11.3. The molecule has 18 heavy (non-hydrogen) atoms. The third kappa shape index (κ3) is 1.96. The van der Waals surface area contributed by atoms with Crippen molar-refractivity contribution in [3.63, 3.8) is 0 Å². The first-order chi connectivity index (χ1) is 8.58. The number of hydrogen-bond donors (Lipinski definition) is 1. The number of rotatable bonds is 4. The average Bonchev–Trinajstić information content (AvgIpc) is 2.35. The van der Waals surface area contributed by atoms with Crippen LogP contribution in [0.1, 0.15) is 44.6 Å². The van der Waals surface area contributed by atoms with E-state index in [9.17, 15) is 4.39 Å². The zero-order valence-corrected chi connectivity index (χ0v) is 12.0. The second kappa shape index (κ2) is 5.18. The van der Waals surface area contributed by atoms with E-state index >= 15 is 0 Å². The summed E-state index contributed by atoms with van der Waals surface area (Å²) in [5.41, 5.74) is 1.47. The standard InChI is InChI=1S/C15H21ClFN/c1-4-15(5-2)11(9-14(15)18-3)10-6-7-13(17)12(16)8-10/h6-8,11,14,18H,4-5,9H2,1-3H3. The summed E-state index contributed by atoms with van der Waals surface area (Å²) in [7, 11) is 2.03. The van der Waals surface area contributed by atoms with E-state index in [1.54, 1.807) is 6.07 Å². The molecule has 0 radical (unpaired) electrons. The van der Waals surface area contributed by atoms with Gasteiger partial charge in [-0.1, -0.05) is 31.5 Å². The van der Waals surface area contributed by atoms with Crippen molar-refractivity contribution in [3.8, 4) is 0 Å². The molecule has 0 aliphatic heterocycles. The quantitative estimate of drug-likeness (QED) is 0.856. The second-order valence-electron chi connectivity index (χ2n) is 5.24. The van der Waals surface area contributed by atoms with Crippen molar-refractivity contribution in [1.82, 2.24) is 5.32 Å². The van der Waals surface area contributed by atoms with Crippen molar-refractivity contribution in [1.29, 1.82) is 0 Å². The monoisotopic (exact) mass is 269 g/mol. The van der Waals surface area contributed by atoms with Gasteiger partial charge in [-0.25, -0.2) is 4.39 Å². The van der Waals surface area contributed by atoms with Crippen molar-refractivity contribution >= 4 is 11.6 Å². The van der Waals surface area contributed by atoms with Gasteiger partial charge in [0.15, 0.2) is 0 Å². The summed E-state index contributed by atoms with van der Waals surface area (Å²) in [5.74, 6) is 0.159. The Balaban J connectivity index is 2.31. The van der Waals surface area contributed by atoms with Crippen LogP contribution in [0.15, 0.2) is 18.2 Å². The molecule has 1 aromatic carbocycles. The van der Waals surface area contributed by atoms with Gasteiger partial charge in [-0.3, -0.25) is 0 Å². The molecule has 1 fully saturated rings. The molecule has 1 aliphatic carbocycles. The summed E-state index contributed by atoms with van der Waals surface area (Å²) in [6.45, 7) is 4.48. The summed E-state index contributed by atoms with van der Waals surface area (Å²) >= 11 is 5.90. The van der Waals surface area contributed by atoms with E-state index in [0.717, 1.165) is 19.3 Å². The third-order valence-corrected chi connectivity index (χ3v) is 5.16. The van der Waals surface area contributed by atoms with Gasteiger partial charge in [-0.2, -0.15) is 0 Å². The molecule has 2 rings (SSSR count). The van der Waals surface area contributed by atoms with Crippen LogP contribution in [0.25, 0.3) is 0 Å². The summed E-state index contributed by atoms with van der Waals surface area (Å²) in [4.78, 5) is 0. The molecular weight excluding hydrogens is 249 g/mol. The van der Waals surface area contributed by atoms with Crippen molar-refractivity contribution in [2.75, 3.05) is 7.05 Å². The van der Waals surface area contributed by atoms with E-state index in [2.05, 4.69) is 19.2 Å². The minimum absolute atomic E-state index is 0.238. The van der Waals surface area contributed by atoms with Crippen molar-refractivity contribution in [2.45, 2.75) is 45.1 Å². The Labute approximate surface area is 114 Å². The lowest BCUT2D eigenvalue weighted by Crippen LogP contribution is -2.57. The molecule has 0 bridgehead atoms. The van der Waals surface area contributed by atoms with Gasteiger partial charge in [0.1, 0.15) is 5.82 Å². The molecule has 0 amide bonds. The maximum atomic E-state index is 13.2. The summed E-state index contributed by atoms with van der Waals surface area (Å²) < 4.78 is 13.2. The van der Waals surface area contributed by atoms with Crippen LogP contribution >= 0.6 is 11.6 Å². The zero-order chi connectivity index (χ0) is 13.3. The highest BCUT2D eigenvalue weighted by Gasteiger charge is 2.52. The Morgan fingerprint density at radius 1 is 1.39 bits per heavy atom. The molecule has 100 valence electrons. The van der Waals surface area contributed by atoms with Gasteiger partial charge < -0.3 is 5.32 Å². The molecule has 1 aromatic rings. The molecule has 1 aliphatic rings. The van der Waals surface area contributed by atoms with Crippen molar-refractivity contribution < 1.29 is 4.39 Å². The summed E-state index contributed by atoms with van der Waals surface area (Å²) in [5, 5.41) is 3.65. The normalized spacial score (nSPS) is 25.8. The van der Waals surface area contributed by atoms with Crippen molar-refractivity contribution in [3.05, 3.63) is 34.6 Å². The van der Waals surface area contributed by atoms with Gasteiger partial charge in [-0.05, 0) is 55.3 Å². The molecule has 3 heteroatoms. The van der Waals surface area contributed by atoms with Crippen LogP contribution in [0.2, 0.25) is 5.02 Å². The van der Waals surface area contributed by atoms with Gasteiger partial charge in [-0.15, -0.1) is 0 Å². The molecule has 1 nitrogen and oxygen atoms in total. The van der Waals surface area contributed by atoms with Crippen LogP contribution in [0.3, 0.4) is 0 Å². The maximum Gasteiger partial charge on any atom is 0.141 e. The van der Waals surface area contributed by atoms with Gasteiger partial charge in [0, 0.05) is 6.04 Å². The topological polar surface area (TPSA) is 12.0 Å². The first kappa shape index (κ1) is 13.8. The number of hydrogen-bond acceptors (Lipinski definition) is 1. The van der Waals surface area contributed by atoms with Crippen LogP contribution in [0.4, 0.5) is 4.39 Å². The molecule has 2 unspecified atom stereocenters. The molecule has 0 heterocycles. The molecule has 1 N–H and O–H groups in total. The fraction of sp³-hybridized carbons (Fsp3) is 0.600. The van der Waals surface area contributed by atoms with E-state index in [0.29, 0.717) is 12.0 Å². The van der Waals surface area contributed by atoms with Crippen LogP contribution in [-0.2, 0) is 0 Å². The fourth-order valence-electron chi connectivity index (χ4n) is 3.63. The fourth-order valence-corrected chi connectivity index (χ4v) is 3.81. The van der Waals surface area contributed by atoms with E-state index in [1.807, 2.05) is 13.1 Å². The molecule has 1 saturated carbocycles. The Kier molecular flexibility index (Phi) is 3.98. The predicted molar refractivity (Wildman–Crippen MR) is 74.6 cm³/mol. The molecule has 0 aromatic heterocycles. The summed E-state index contributed by atoms with van der Waals surface area (Å²) in [6, 6.07) is 5.73. The molecule has 2 atom stereocenters. The lowest BCUT2D eigenvalue weighted by atomic mass is 9.52. The first-order valence-electron chi connectivity index (χ1n) is 6.71. The van der Waals surface area contributed by atoms with Gasteiger partial charge in [0.25, 0.3) is 0 Å². The molecule has 0 saturated heterocycles. The van der Waals surface area contributed by atoms with E-state index in [-0.39, 0.29) is 16.3 Å². The first-order valence-corrected chi connectivity index (χ1v) is 7.09. The van der Waals surface area contributed by atoms with Gasteiger partial charge in [0.05, 0.1) is 5.02 Å². The Hall–Kier alpha value is -0.600. The lowest BCUT2D eigenvalue weighted by Gasteiger charge is -2.56. The van der Waals surface area contributed by atoms with E-state index in [1.165, 1.54) is 11.6 Å². The lowest BCUT2D eigenvalue weighted by molar-refractivity contribution is 0.0245. The second-order valence-corrected chi connectivity index (χ2v) is 5.65. The van der Waals surface area contributed by atoms with Gasteiger partial charge >= 0.3 is 0 Å². The van der Waals surface area contributed by atoms with Crippen LogP contribution in [0, 0.1) is 11.2 Å². The van der Waals surface area contributed by atoms with Gasteiger partial charge in [0.2, 0.25) is 0 Å². The van der Waals surface area contributed by atoms with Crippen LogP contribution < -0.4 is 5.32 Å². The number of benzene rings is 1. The highest BCUT2D eigenvalue weighted by atomic mass is 35.5. The largest absolute Gasteiger partial charge is 0.316 e. The Morgan fingerprint density at radius 3 is 2.56 bits per heavy atom. The van der Waals surface area contributed by atoms with Crippen molar-refractivity contribution in [2.24, 2.45) is 5.41 Å². The smallest absolute Gasteiger partial charge is 0.141 e. The maximum absolute atomic E-state index is 13.2. The number of nitrogens with one attached hydrogen (secondary N) is 1. The van der Waals surface area contributed by atoms with Crippen LogP contribution in [-0.4, -0.2) is 13.1 Å². The summed E-state index contributed by atoms with van der Waals surface area (Å²) in [6.07, 6.45) is 3.38. The molecular formula is C15H21ClFN. The van der Waals surface area contributed by atoms with E-state index in [4.69, 9.17) is 11.6 Å². The minimum Gasteiger partial charge on any atom is -0.316 e. The highest BCUT2D eigenvalue weighted by Crippen LogP contribution is 2.57. The van der Waals surface area contributed by atoms with E-state index < -0.39 is 0 Å². The Morgan fingerprint density at radius 2 is 2.06 bits per heavy atom. The van der Waals surface area contributed by atoms with Crippen LogP contribution in [0.5, 0.6) is 0 Å². The predicted octanol–water partition coefficient (Wildman–Crippen LogP) is 4.36. The Bertz CT molecular complexity index is 429. The average molecular weight is 270 g/mol. The number of halogens is 2.